The molecule has 1 aromatic heterocycles. The van der Waals surface area contributed by atoms with Crippen LogP contribution in [0.4, 0.5) is 0 Å². The Morgan fingerprint density at radius 3 is 2.80 bits per heavy atom. The molecule has 1 aromatic rings. The zero-order valence-corrected chi connectivity index (χ0v) is 6.46. The van der Waals surface area contributed by atoms with Gasteiger partial charge in [0.15, 0.2) is 0 Å². The minimum Gasteiger partial charge on any atom is -0.336 e. The standard InChI is InChI=1S/C6H3ClN2S/c7-5-2-1-4(3-8)6(10)9-5/h1-2H,(H,9,10). The molecule has 0 saturated carbocycles. The highest BCUT2D eigenvalue weighted by molar-refractivity contribution is 7.71. The molecule has 1 N–H and O–H groups in total. The number of nitriles is 1. The van der Waals surface area contributed by atoms with E-state index in [-0.39, 0.29) is 0 Å². The molecule has 0 saturated heterocycles. The predicted molar refractivity (Wildman–Crippen MR) is 41.4 cm³/mol. The van der Waals surface area contributed by atoms with Gasteiger partial charge in [-0.15, -0.1) is 0 Å². The average molecular weight is 171 g/mol. The smallest absolute Gasteiger partial charge is 0.122 e. The molecule has 4 heteroatoms. The van der Waals surface area contributed by atoms with Gasteiger partial charge in [-0.2, -0.15) is 5.26 Å². The lowest BCUT2D eigenvalue weighted by atomic mass is 10.3. The number of nitrogens with zero attached hydrogens (tertiary/aromatic N) is 1. The first-order valence-corrected chi connectivity index (χ1v) is 3.31. The first-order chi connectivity index (χ1) is 4.74. The fourth-order valence-corrected chi connectivity index (χ4v) is 0.975. The van der Waals surface area contributed by atoms with E-state index in [1.165, 1.54) is 0 Å². The summed E-state index contributed by atoms with van der Waals surface area (Å²) in [4.78, 5) is 2.65. The predicted octanol–water partition coefficient (Wildman–Crippen LogP) is 2.27. The van der Waals surface area contributed by atoms with E-state index in [4.69, 9.17) is 29.1 Å². The number of halogens is 1. The van der Waals surface area contributed by atoms with Crippen molar-refractivity contribution in [2.24, 2.45) is 0 Å². The number of rotatable bonds is 0. The molecule has 1 rings (SSSR count). The third-order valence-corrected chi connectivity index (χ3v) is 1.54. The van der Waals surface area contributed by atoms with Gasteiger partial charge in [0.1, 0.15) is 15.9 Å². The van der Waals surface area contributed by atoms with Gasteiger partial charge in [-0.1, -0.05) is 23.8 Å². The Morgan fingerprint density at radius 2 is 2.30 bits per heavy atom. The van der Waals surface area contributed by atoms with E-state index in [2.05, 4.69) is 4.98 Å². The average Bonchev–Trinajstić information content (AvgIpc) is 1.88. The summed E-state index contributed by atoms with van der Waals surface area (Å²) in [5, 5.41) is 8.88. The molecule has 0 bridgehead atoms. The number of H-pyrrole nitrogens is 1. The zero-order valence-electron chi connectivity index (χ0n) is 4.89. The Labute approximate surface area is 68.1 Å². The molecule has 0 radical (unpaired) electrons. The van der Waals surface area contributed by atoms with Crippen molar-refractivity contribution in [1.82, 2.24) is 4.98 Å². The molecule has 2 nitrogen and oxygen atoms in total. The van der Waals surface area contributed by atoms with E-state index in [1.54, 1.807) is 12.1 Å². The molecule has 50 valence electrons. The third-order valence-electron chi connectivity index (χ3n) is 0.994. The van der Waals surface area contributed by atoms with Crippen LogP contribution in [0.15, 0.2) is 12.1 Å². The van der Waals surface area contributed by atoms with Crippen LogP contribution in [-0.2, 0) is 0 Å². The molecule has 0 aliphatic carbocycles. The molecule has 1 heterocycles. The van der Waals surface area contributed by atoms with Crippen molar-refractivity contribution in [2.75, 3.05) is 0 Å². The highest BCUT2D eigenvalue weighted by Gasteiger charge is 1.92. The van der Waals surface area contributed by atoms with Gasteiger partial charge in [-0.25, -0.2) is 0 Å². The fourth-order valence-electron chi connectivity index (χ4n) is 0.538. The molecular formula is C6H3ClN2S. The number of aromatic nitrogens is 1. The highest BCUT2D eigenvalue weighted by atomic mass is 35.5. The van der Waals surface area contributed by atoms with Gasteiger partial charge < -0.3 is 4.98 Å². The van der Waals surface area contributed by atoms with Gasteiger partial charge in [-0.05, 0) is 12.1 Å². The van der Waals surface area contributed by atoms with Gasteiger partial charge in [-0.3, -0.25) is 0 Å². The van der Waals surface area contributed by atoms with Crippen LogP contribution in [0.25, 0.3) is 0 Å². The van der Waals surface area contributed by atoms with E-state index in [1.807, 2.05) is 6.07 Å². The van der Waals surface area contributed by atoms with Crippen LogP contribution in [0.2, 0.25) is 5.15 Å². The van der Waals surface area contributed by atoms with Crippen molar-refractivity contribution >= 4 is 23.8 Å². The van der Waals surface area contributed by atoms with Crippen molar-refractivity contribution in [3.05, 3.63) is 27.5 Å². The number of nitrogens with one attached hydrogen (secondary N) is 1. The third kappa shape index (κ3) is 1.35. The molecule has 0 amide bonds. The Bertz CT molecular complexity index is 336. The SMILES string of the molecule is N#Cc1ccc(Cl)[nH]c1=S. The van der Waals surface area contributed by atoms with Gasteiger partial charge in [0.05, 0.1) is 5.56 Å². The fraction of sp³-hybridized carbons (Fsp3) is 0. The molecule has 0 aliphatic heterocycles. The highest BCUT2D eigenvalue weighted by Crippen LogP contribution is 2.05. The summed E-state index contributed by atoms with van der Waals surface area (Å²) in [7, 11) is 0. The number of aromatic amines is 1. The summed E-state index contributed by atoms with van der Waals surface area (Å²) in [5.74, 6) is 0. The first-order valence-electron chi connectivity index (χ1n) is 2.53. The van der Waals surface area contributed by atoms with Crippen LogP contribution in [0, 0.1) is 16.0 Å². The summed E-state index contributed by atoms with van der Waals surface area (Å²) in [6.07, 6.45) is 0. The lowest BCUT2D eigenvalue weighted by Gasteiger charge is -1.89. The lowest BCUT2D eigenvalue weighted by molar-refractivity contribution is 1.27. The van der Waals surface area contributed by atoms with E-state index in [0.29, 0.717) is 15.4 Å². The topological polar surface area (TPSA) is 39.6 Å². The zero-order chi connectivity index (χ0) is 7.56. The summed E-state index contributed by atoms with van der Waals surface area (Å²) in [6, 6.07) is 5.11. The van der Waals surface area contributed by atoms with Crippen LogP contribution < -0.4 is 0 Å². The van der Waals surface area contributed by atoms with E-state index >= 15 is 0 Å². The van der Waals surface area contributed by atoms with Crippen LogP contribution in [-0.4, -0.2) is 4.98 Å². The molecule has 0 atom stereocenters. The van der Waals surface area contributed by atoms with Gasteiger partial charge in [0.25, 0.3) is 0 Å². The molecular weight excluding hydrogens is 168 g/mol. The molecule has 0 aliphatic rings. The van der Waals surface area contributed by atoms with Crippen molar-refractivity contribution in [3.63, 3.8) is 0 Å². The summed E-state index contributed by atoms with van der Waals surface area (Å²) in [6.45, 7) is 0. The molecule has 10 heavy (non-hydrogen) atoms. The minimum absolute atomic E-state index is 0.384. The molecule has 0 aromatic carbocycles. The number of hydrogen-bond acceptors (Lipinski definition) is 2. The number of pyridine rings is 1. The van der Waals surface area contributed by atoms with Crippen LogP contribution in [0.1, 0.15) is 5.56 Å². The van der Waals surface area contributed by atoms with E-state index in [0.717, 1.165) is 0 Å². The Morgan fingerprint density at radius 1 is 1.60 bits per heavy atom. The van der Waals surface area contributed by atoms with Crippen molar-refractivity contribution in [1.29, 1.82) is 5.26 Å². The lowest BCUT2D eigenvalue weighted by Crippen LogP contribution is -1.80. The maximum Gasteiger partial charge on any atom is 0.122 e. The molecule has 0 fully saturated rings. The van der Waals surface area contributed by atoms with E-state index in [9.17, 15) is 0 Å². The van der Waals surface area contributed by atoms with Crippen LogP contribution in [0.5, 0.6) is 0 Å². The quantitative estimate of drug-likeness (QED) is 0.479. The second-order valence-electron chi connectivity index (χ2n) is 1.66. The maximum absolute atomic E-state index is 8.43. The van der Waals surface area contributed by atoms with Crippen molar-refractivity contribution in [2.45, 2.75) is 0 Å². The van der Waals surface area contributed by atoms with Crippen molar-refractivity contribution < 1.29 is 0 Å². The van der Waals surface area contributed by atoms with Gasteiger partial charge in [0.2, 0.25) is 0 Å². The first kappa shape index (κ1) is 7.26. The van der Waals surface area contributed by atoms with Crippen LogP contribution in [0.3, 0.4) is 0 Å². The summed E-state index contributed by atoms with van der Waals surface area (Å²) < 4.78 is 0.384. The monoisotopic (exact) mass is 170 g/mol. The Hall–Kier alpha value is -0.850. The second-order valence-corrected chi connectivity index (χ2v) is 2.48. The van der Waals surface area contributed by atoms with Gasteiger partial charge in [0, 0.05) is 0 Å². The summed E-state index contributed by atoms with van der Waals surface area (Å²) in [5.41, 5.74) is 0.444. The number of hydrogen-bond donors (Lipinski definition) is 1. The largest absolute Gasteiger partial charge is 0.336 e. The normalized spacial score (nSPS) is 8.80. The minimum atomic E-state index is 0.384. The van der Waals surface area contributed by atoms with Crippen LogP contribution >= 0.6 is 23.8 Å². The second kappa shape index (κ2) is 2.82. The van der Waals surface area contributed by atoms with E-state index < -0.39 is 0 Å². The Balaban J connectivity index is 3.38. The molecule has 0 spiro atoms. The summed E-state index contributed by atoms with van der Waals surface area (Å²) >= 11 is 10.3. The maximum atomic E-state index is 8.43. The molecule has 0 unspecified atom stereocenters. The Kier molecular flexibility index (Phi) is 2.05. The van der Waals surface area contributed by atoms with Gasteiger partial charge >= 0.3 is 0 Å². The van der Waals surface area contributed by atoms with Crippen molar-refractivity contribution in [3.8, 4) is 6.07 Å².